The zero-order valence-corrected chi connectivity index (χ0v) is 15.5. The van der Waals surface area contributed by atoms with E-state index in [9.17, 15) is 4.79 Å². The van der Waals surface area contributed by atoms with Gasteiger partial charge in [0.1, 0.15) is 6.04 Å². The van der Waals surface area contributed by atoms with Crippen LogP contribution in [0.4, 0.5) is 0 Å². The monoisotopic (exact) mass is 347 g/mol. The number of carbonyl (C=O) groups is 1. The lowest BCUT2D eigenvalue weighted by Gasteiger charge is -2.21. The smallest absolute Gasteiger partial charge is 0.245 e. The molecule has 1 N–H and O–H groups in total. The van der Waals surface area contributed by atoms with Gasteiger partial charge in [0.05, 0.1) is 17.3 Å². The number of halogens is 1. The zero-order chi connectivity index (χ0) is 17.7. The molecule has 1 aromatic heterocycles. The van der Waals surface area contributed by atoms with Crippen LogP contribution in [-0.4, -0.2) is 15.7 Å². The minimum atomic E-state index is -0.397. The van der Waals surface area contributed by atoms with E-state index in [-0.39, 0.29) is 11.9 Å². The van der Waals surface area contributed by atoms with E-state index in [2.05, 4.69) is 55.5 Å². The summed E-state index contributed by atoms with van der Waals surface area (Å²) in [5.41, 5.74) is 2.46. The van der Waals surface area contributed by atoms with Crippen molar-refractivity contribution in [1.29, 1.82) is 0 Å². The number of nitrogens with zero attached hydrogens (tertiary/aromatic N) is 2. The Balaban J connectivity index is 2.07. The Morgan fingerprint density at radius 2 is 1.79 bits per heavy atom. The Hall–Kier alpha value is -1.81. The summed E-state index contributed by atoms with van der Waals surface area (Å²) in [6.07, 6.45) is 5.15. The second-order valence-electron chi connectivity index (χ2n) is 6.26. The van der Waals surface area contributed by atoms with Crippen LogP contribution >= 0.6 is 11.6 Å². The fourth-order valence-electron chi connectivity index (χ4n) is 2.65. The van der Waals surface area contributed by atoms with Crippen molar-refractivity contribution < 1.29 is 4.79 Å². The van der Waals surface area contributed by atoms with E-state index in [1.807, 2.05) is 6.92 Å². The summed E-state index contributed by atoms with van der Waals surface area (Å²) in [6.45, 7) is 8.31. The van der Waals surface area contributed by atoms with Gasteiger partial charge in [-0.1, -0.05) is 56.6 Å². The molecule has 0 bridgehead atoms. The van der Waals surface area contributed by atoms with Crippen molar-refractivity contribution in [2.45, 2.75) is 58.5 Å². The SMILES string of the molecule is CCC(C)c1ccc(C(CC)NC(=O)C(C)n2cc(Cl)cn2)cc1. The van der Waals surface area contributed by atoms with E-state index >= 15 is 0 Å². The Labute approximate surface area is 149 Å². The molecular formula is C19H26ClN3O. The summed E-state index contributed by atoms with van der Waals surface area (Å²) in [5, 5.41) is 7.75. The molecule has 4 nitrogen and oxygen atoms in total. The van der Waals surface area contributed by atoms with Gasteiger partial charge in [-0.15, -0.1) is 0 Å². The molecule has 24 heavy (non-hydrogen) atoms. The number of aromatic nitrogens is 2. The Bertz CT molecular complexity index is 666. The first kappa shape index (κ1) is 18.5. The van der Waals surface area contributed by atoms with Crippen LogP contribution in [-0.2, 0) is 4.79 Å². The average molecular weight is 348 g/mol. The second kappa shape index (κ2) is 8.34. The maximum Gasteiger partial charge on any atom is 0.245 e. The molecule has 0 saturated heterocycles. The van der Waals surface area contributed by atoms with E-state index < -0.39 is 6.04 Å². The number of carbonyl (C=O) groups excluding carboxylic acids is 1. The minimum Gasteiger partial charge on any atom is -0.347 e. The third-order valence-electron chi connectivity index (χ3n) is 4.59. The third kappa shape index (κ3) is 4.38. The first-order chi connectivity index (χ1) is 11.5. The molecule has 0 aliphatic carbocycles. The molecule has 0 aliphatic heterocycles. The lowest BCUT2D eigenvalue weighted by atomic mass is 9.95. The average Bonchev–Trinajstić information content (AvgIpc) is 3.04. The van der Waals surface area contributed by atoms with Gasteiger partial charge in [0.15, 0.2) is 0 Å². The van der Waals surface area contributed by atoms with Gasteiger partial charge in [-0.25, -0.2) is 0 Å². The number of hydrogen-bond acceptors (Lipinski definition) is 2. The van der Waals surface area contributed by atoms with Crippen molar-refractivity contribution in [3.8, 4) is 0 Å². The van der Waals surface area contributed by atoms with Crippen LogP contribution in [0.3, 0.4) is 0 Å². The number of benzene rings is 1. The van der Waals surface area contributed by atoms with Crippen LogP contribution < -0.4 is 5.32 Å². The van der Waals surface area contributed by atoms with Gasteiger partial charge in [0.2, 0.25) is 5.91 Å². The third-order valence-corrected chi connectivity index (χ3v) is 4.79. The van der Waals surface area contributed by atoms with Crippen molar-refractivity contribution in [1.82, 2.24) is 15.1 Å². The first-order valence-corrected chi connectivity index (χ1v) is 8.93. The Kier molecular flexibility index (Phi) is 6.44. The highest BCUT2D eigenvalue weighted by molar-refractivity contribution is 6.30. The van der Waals surface area contributed by atoms with Gasteiger partial charge in [-0.3, -0.25) is 9.48 Å². The Morgan fingerprint density at radius 3 is 2.29 bits per heavy atom. The molecular weight excluding hydrogens is 322 g/mol. The van der Waals surface area contributed by atoms with Crippen LogP contribution in [0.25, 0.3) is 0 Å². The summed E-state index contributed by atoms with van der Waals surface area (Å²) in [4.78, 5) is 12.5. The Morgan fingerprint density at radius 1 is 1.17 bits per heavy atom. The van der Waals surface area contributed by atoms with Gasteiger partial charge in [-0.05, 0) is 36.8 Å². The molecule has 3 atom stereocenters. The number of rotatable bonds is 7. The molecule has 0 spiro atoms. The fraction of sp³-hybridized carbons (Fsp3) is 0.474. The van der Waals surface area contributed by atoms with Gasteiger partial charge < -0.3 is 5.32 Å². The zero-order valence-electron chi connectivity index (χ0n) is 14.8. The molecule has 0 radical (unpaired) electrons. The second-order valence-corrected chi connectivity index (χ2v) is 6.70. The molecule has 1 amide bonds. The van der Waals surface area contributed by atoms with Crippen LogP contribution in [0, 0.1) is 0 Å². The van der Waals surface area contributed by atoms with Crippen LogP contribution in [0.2, 0.25) is 5.02 Å². The summed E-state index contributed by atoms with van der Waals surface area (Å²) in [5.74, 6) is 0.492. The molecule has 1 aromatic carbocycles. The largest absolute Gasteiger partial charge is 0.347 e. The first-order valence-electron chi connectivity index (χ1n) is 8.56. The molecule has 5 heteroatoms. The molecule has 0 saturated carbocycles. The fourth-order valence-corrected chi connectivity index (χ4v) is 2.80. The molecule has 2 rings (SSSR count). The van der Waals surface area contributed by atoms with Crippen molar-refractivity contribution in [3.63, 3.8) is 0 Å². The van der Waals surface area contributed by atoms with Gasteiger partial charge in [0.25, 0.3) is 0 Å². The molecule has 130 valence electrons. The van der Waals surface area contributed by atoms with E-state index in [4.69, 9.17) is 11.6 Å². The van der Waals surface area contributed by atoms with Crippen molar-refractivity contribution >= 4 is 17.5 Å². The highest BCUT2D eigenvalue weighted by Gasteiger charge is 2.20. The number of amides is 1. The summed E-state index contributed by atoms with van der Waals surface area (Å²) in [6, 6.07) is 8.16. The van der Waals surface area contributed by atoms with Crippen molar-refractivity contribution in [2.24, 2.45) is 0 Å². The predicted octanol–water partition coefficient (Wildman–Crippen LogP) is 4.88. The van der Waals surface area contributed by atoms with Crippen molar-refractivity contribution in [2.75, 3.05) is 0 Å². The minimum absolute atomic E-state index is 0.00281. The quantitative estimate of drug-likeness (QED) is 0.776. The van der Waals surface area contributed by atoms with E-state index in [0.29, 0.717) is 10.9 Å². The normalized spacial score (nSPS) is 14.9. The number of nitrogens with one attached hydrogen (secondary N) is 1. The molecule has 0 aliphatic rings. The highest BCUT2D eigenvalue weighted by atomic mass is 35.5. The van der Waals surface area contributed by atoms with E-state index in [1.165, 1.54) is 11.8 Å². The van der Waals surface area contributed by atoms with E-state index in [0.717, 1.165) is 18.4 Å². The molecule has 2 aromatic rings. The van der Waals surface area contributed by atoms with Crippen LogP contribution in [0.1, 0.15) is 69.7 Å². The molecule has 3 unspecified atom stereocenters. The predicted molar refractivity (Wildman–Crippen MR) is 98.3 cm³/mol. The summed E-state index contributed by atoms with van der Waals surface area (Å²) < 4.78 is 1.58. The van der Waals surface area contributed by atoms with Gasteiger partial charge >= 0.3 is 0 Å². The summed E-state index contributed by atoms with van der Waals surface area (Å²) in [7, 11) is 0. The maximum atomic E-state index is 12.5. The summed E-state index contributed by atoms with van der Waals surface area (Å²) >= 11 is 5.88. The van der Waals surface area contributed by atoms with Crippen LogP contribution in [0.15, 0.2) is 36.7 Å². The molecule has 0 fully saturated rings. The molecule has 1 heterocycles. The van der Waals surface area contributed by atoms with E-state index in [1.54, 1.807) is 10.9 Å². The topological polar surface area (TPSA) is 46.9 Å². The van der Waals surface area contributed by atoms with Crippen molar-refractivity contribution in [3.05, 3.63) is 52.8 Å². The highest BCUT2D eigenvalue weighted by Crippen LogP contribution is 2.23. The number of hydrogen-bond donors (Lipinski definition) is 1. The maximum absolute atomic E-state index is 12.5. The lowest BCUT2D eigenvalue weighted by Crippen LogP contribution is -2.34. The van der Waals surface area contributed by atoms with Crippen LogP contribution in [0.5, 0.6) is 0 Å². The van der Waals surface area contributed by atoms with Gasteiger partial charge in [0, 0.05) is 6.20 Å². The lowest BCUT2D eigenvalue weighted by molar-refractivity contribution is -0.124. The standard InChI is InChI=1S/C19H26ClN3O/c1-5-13(3)15-7-9-16(10-8-15)18(6-2)22-19(24)14(4)23-12-17(20)11-21-23/h7-14,18H,5-6H2,1-4H3,(H,22,24). The van der Waals surface area contributed by atoms with Gasteiger partial charge in [-0.2, -0.15) is 5.10 Å².